The van der Waals surface area contributed by atoms with E-state index >= 15 is 0 Å². The molecule has 0 fully saturated rings. The minimum absolute atomic E-state index is 0.0858. The summed E-state index contributed by atoms with van der Waals surface area (Å²) >= 11 is 0. The Hall–Kier alpha value is -3.14. The molecule has 2 aromatic carbocycles. The molecule has 1 N–H and O–H groups in total. The van der Waals surface area contributed by atoms with E-state index < -0.39 is 0 Å². The molecule has 2 aromatic rings. The highest BCUT2D eigenvalue weighted by Crippen LogP contribution is 2.14. The summed E-state index contributed by atoms with van der Waals surface area (Å²) in [4.78, 5) is 23.6. The zero-order chi connectivity index (χ0) is 17.5. The Morgan fingerprint density at radius 2 is 1.67 bits per heavy atom. The first-order chi connectivity index (χ1) is 11.5. The predicted octanol–water partition coefficient (Wildman–Crippen LogP) is 4.11. The number of rotatable bonds is 6. The van der Waals surface area contributed by atoms with E-state index in [1.165, 1.54) is 6.08 Å². The quantitative estimate of drug-likeness (QED) is 0.643. The fourth-order valence-corrected chi connectivity index (χ4v) is 1.94. The Balaban J connectivity index is 2.01. The summed E-state index contributed by atoms with van der Waals surface area (Å²) < 4.78 is 5.07. The maximum atomic E-state index is 12.1. The molecule has 0 aliphatic heterocycles. The van der Waals surface area contributed by atoms with E-state index in [1.807, 2.05) is 12.1 Å². The van der Waals surface area contributed by atoms with Gasteiger partial charge in [-0.15, -0.1) is 0 Å². The van der Waals surface area contributed by atoms with Crippen molar-refractivity contribution >= 4 is 23.5 Å². The molecule has 4 heteroatoms. The Kier molecular flexibility index (Phi) is 5.68. The van der Waals surface area contributed by atoms with Crippen molar-refractivity contribution in [3.8, 4) is 5.75 Å². The molecule has 0 aromatic heterocycles. The lowest BCUT2D eigenvalue weighted by Crippen LogP contribution is -2.11. The average Bonchev–Trinajstić information content (AvgIpc) is 2.60. The number of hydrogen-bond acceptors (Lipinski definition) is 3. The molecule has 0 heterocycles. The van der Waals surface area contributed by atoms with Gasteiger partial charge in [0.15, 0.2) is 5.78 Å². The third-order valence-corrected chi connectivity index (χ3v) is 3.36. The van der Waals surface area contributed by atoms with Crippen molar-refractivity contribution < 1.29 is 14.3 Å². The van der Waals surface area contributed by atoms with E-state index in [1.54, 1.807) is 56.5 Å². The van der Waals surface area contributed by atoms with Crippen molar-refractivity contribution in [1.82, 2.24) is 0 Å². The molecule has 1 amide bonds. The number of benzene rings is 2. The first kappa shape index (κ1) is 17.2. The number of anilines is 1. The number of nitrogens with one attached hydrogen (secondary N) is 1. The summed E-state index contributed by atoms with van der Waals surface area (Å²) in [7, 11) is 1.58. The van der Waals surface area contributed by atoms with E-state index in [2.05, 4.69) is 11.9 Å². The van der Waals surface area contributed by atoms with Crippen LogP contribution in [0, 0.1) is 0 Å². The van der Waals surface area contributed by atoms with Gasteiger partial charge >= 0.3 is 0 Å². The average molecular weight is 321 g/mol. The molecule has 0 saturated carbocycles. The molecule has 0 unspecified atom stereocenters. The second kappa shape index (κ2) is 7.92. The lowest BCUT2D eigenvalue weighted by atomic mass is 10.1. The van der Waals surface area contributed by atoms with E-state index in [0.717, 1.165) is 5.56 Å². The van der Waals surface area contributed by atoms with Crippen LogP contribution in [0.25, 0.3) is 6.08 Å². The van der Waals surface area contributed by atoms with Gasteiger partial charge in [-0.05, 0) is 55.0 Å². The summed E-state index contributed by atoms with van der Waals surface area (Å²) in [6.45, 7) is 5.24. The van der Waals surface area contributed by atoms with E-state index in [0.29, 0.717) is 22.6 Å². The standard InChI is InChI=1S/C20H19NO3/c1-14(2)20(23)21-17-9-4-15(5-10-17)6-13-19(22)16-7-11-18(24-3)12-8-16/h4-13H,1H2,2-3H3,(H,21,23)/b13-6+. The van der Waals surface area contributed by atoms with Crippen LogP contribution in [0.5, 0.6) is 5.75 Å². The van der Waals surface area contributed by atoms with Crippen molar-refractivity contribution in [1.29, 1.82) is 0 Å². The first-order valence-corrected chi connectivity index (χ1v) is 7.43. The van der Waals surface area contributed by atoms with Crippen LogP contribution in [0.1, 0.15) is 22.8 Å². The number of amides is 1. The van der Waals surface area contributed by atoms with Gasteiger partial charge in [-0.2, -0.15) is 0 Å². The number of carbonyl (C=O) groups is 2. The van der Waals surface area contributed by atoms with E-state index in [4.69, 9.17) is 4.74 Å². The predicted molar refractivity (Wildman–Crippen MR) is 96.2 cm³/mol. The van der Waals surface area contributed by atoms with Crippen LogP contribution < -0.4 is 10.1 Å². The molecule has 0 atom stereocenters. The molecular formula is C20H19NO3. The molecule has 24 heavy (non-hydrogen) atoms. The van der Waals surface area contributed by atoms with Crippen molar-refractivity contribution in [2.24, 2.45) is 0 Å². The normalized spacial score (nSPS) is 10.4. The minimum Gasteiger partial charge on any atom is -0.497 e. The Labute approximate surface area is 141 Å². The van der Waals surface area contributed by atoms with Crippen molar-refractivity contribution in [2.75, 3.05) is 12.4 Å². The summed E-state index contributed by atoms with van der Waals surface area (Å²) in [6, 6.07) is 14.2. The van der Waals surface area contributed by atoms with Gasteiger partial charge in [0.25, 0.3) is 5.91 Å². The van der Waals surface area contributed by atoms with Crippen molar-refractivity contribution in [2.45, 2.75) is 6.92 Å². The lowest BCUT2D eigenvalue weighted by molar-refractivity contribution is -0.112. The fraction of sp³-hybridized carbons (Fsp3) is 0.100. The highest BCUT2D eigenvalue weighted by molar-refractivity contribution is 6.07. The Morgan fingerprint density at radius 3 is 2.21 bits per heavy atom. The van der Waals surface area contributed by atoms with Crippen LogP contribution in [0.3, 0.4) is 0 Å². The molecule has 2 rings (SSSR count). The van der Waals surface area contributed by atoms with Crippen molar-refractivity contribution in [3.05, 3.63) is 77.9 Å². The first-order valence-electron chi connectivity index (χ1n) is 7.43. The largest absolute Gasteiger partial charge is 0.497 e. The molecule has 0 aliphatic carbocycles. The third-order valence-electron chi connectivity index (χ3n) is 3.36. The van der Waals surface area contributed by atoms with Gasteiger partial charge in [0.05, 0.1) is 7.11 Å². The van der Waals surface area contributed by atoms with Crippen LogP contribution in [0.15, 0.2) is 66.8 Å². The highest BCUT2D eigenvalue weighted by Gasteiger charge is 2.03. The molecule has 0 radical (unpaired) electrons. The number of methoxy groups -OCH3 is 1. The Morgan fingerprint density at radius 1 is 1.04 bits per heavy atom. The van der Waals surface area contributed by atoms with Gasteiger partial charge in [-0.3, -0.25) is 9.59 Å². The summed E-state index contributed by atoms with van der Waals surface area (Å²) in [5.74, 6) is 0.410. The van der Waals surface area contributed by atoms with Gasteiger partial charge in [-0.25, -0.2) is 0 Å². The Bertz CT molecular complexity index is 772. The summed E-state index contributed by atoms with van der Waals surface area (Å²) in [5.41, 5.74) is 2.59. The topological polar surface area (TPSA) is 55.4 Å². The van der Waals surface area contributed by atoms with E-state index in [9.17, 15) is 9.59 Å². The molecule has 4 nitrogen and oxygen atoms in total. The van der Waals surface area contributed by atoms with Gasteiger partial charge in [0, 0.05) is 16.8 Å². The summed E-state index contributed by atoms with van der Waals surface area (Å²) in [6.07, 6.45) is 3.25. The fourth-order valence-electron chi connectivity index (χ4n) is 1.94. The van der Waals surface area contributed by atoms with Crippen LogP contribution in [0.2, 0.25) is 0 Å². The molecule has 0 bridgehead atoms. The number of allylic oxidation sites excluding steroid dienone is 1. The number of carbonyl (C=O) groups excluding carboxylic acids is 2. The van der Waals surface area contributed by atoms with Crippen LogP contribution >= 0.6 is 0 Å². The van der Waals surface area contributed by atoms with Crippen LogP contribution in [-0.2, 0) is 4.79 Å². The van der Waals surface area contributed by atoms with Crippen LogP contribution in [0.4, 0.5) is 5.69 Å². The monoisotopic (exact) mass is 321 g/mol. The van der Waals surface area contributed by atoms with Gasteiger partial charge in [0.1, 0.15) is 5.75 Å². The second-order valence-corrected chi connectivity index (χ2v) is 5.28. The number of ketones is 1. The van der Waals surface area contributed by atoms with Crippen molar-refractivity contribution in [3.63, 3.8) is 0 Å². The molecule has 0 aliphatic rings. The second-order valence-electron chi connectivity index (χ2n) is 5.28. The zero-order valence-corrected chi connectivity index (χ0v) is 13.7. The molecule has 0 spiro atoms. The minimum atomic E-state index is -0.215. The lowest BCUT2D eigenvalue weighted by Gasteiger charge is -2.04. The molecule has 122 valence electrons. The summed E-state index contributed by atoms with van der Waals surface area (Å²) in [5, 5.41) is 2.73. The smallest absolute Gasteiger partial charge is 0.250 e. The SMILES string of the molecule is C=C(C)C(=O)Nc1ccc(/C=C/C(=O)c2ccc(OC)cc2)cc1. The maximum Gasteiger partial charge on any atom is 0.250 e. The molecular weight excluding hydrogens is 302 g/mol. The number of ether oxygens (including phenoxy) is 1. The van der Waals surface area contributed by atoms with Crippen LogP contribution in [-0.4, -0.2) is 18.8 Å². The highest BCUT2D eigenvalue weighted by atomic mass is 16.5. The van der Waals surface area contributed by atoms with Gasteiger partial charge < -0.3 is 10.1 Å². The van der Waals surface area contributed by atoms with Gasteiger partial charge in [-0.1, -0.05) is 24.8 Å². The number of hydrogen-bond donors (Lipinski definition) is 1. The van der Waals surface area contributed by atoms with Gasteiger partial charge in [0.2, 0.25) is 0 Å². The zero-order valence-electron chi connectivity index (χ0n) is 13.7. The van der Waals surface area contributed by atoms with E-state index in [-0.39, 0.29) is 11.7 Å². The molecule has 0 saturated heterocycles. The maximum absolute atomic E-state index is 12.1. The third kappa shape index (κ3) is 4.68.